The van der Waals surface area contributed by atoms with Gasteiger partial charge in [-0.05, 0) is 17.7 Å². The van der Waals surface area contributed by atoms with Gasteiger partial charge in [0.25, 0.3) is 5.91 Å². The van der Waals surface area contributed by atoms with Crippen LogP contribution in [-0.4, -0.2) is 70.2 Å². The van der Waals surface area contributed by atoms with Gasteiger partial charge in [0, 0.05) is 61.5 Å². The Kier molecular flexibility index (Phi) is 4.73. The standard InChI is InChI=1S/C24H24N4O3/c1-25-14-20(17-6-4-5-9-21(17)25)23-18-7-2-3-8-19(18)24(31)28(23)15-22(30)27-12-10-26(16-29)11-13-27/h2-9,14,16,23H,10-13,15H2,1H3/t23-/m1/s1. The van der Waals surface area contributed by atoms with Crippen molar-refractivity contribution >= 4 is 29.1 Å². The van der Waals surface area contributed by atoms with Crippen LogP contribution in [0.5, 0.6) is 0 Å². The molecule has 0 bridgehead atoms. The van der Waals surface area contributed by atoms with Crippen LogP contribution in [-0.2, 0) is 16.6 Å². The largest absolute Gasteiger partial charge is 0.350 e. The highest BCUT2D eigenvalue weighted by atomic mass is 16.2. The molecule has 5 rings (SSSR count). The molecule has 158 valence electrons. The predicted molar refractivity (Wildman–Crippen MR) is 116 cm³/mol. The van der Waals surface area contributed by atoms with Crippen LogP contribution < -0.4 is 0 Å². The molecule has 3 aromatic rings. The summed E-state index contributed by atoms with van der Waals surface area (Å²) in [6.45, 7) is 2.05. The average Bonchev–Trinajstić information content (AvgIpc) is 3.28. The zero-order valence-electron chi connectivity index (χ0n) is 17.4. The SMILES string of the molecule is Cn1cc([C@H]2c3ccccc3C(=O)N2CC(=O)N2CCN(C=O)CC2)c2ccccc21. The highest BCUT2D eigenvalue weighted by Crippen LogP contribution is 2.41. The molecule has 0 N–H and O–H groups in total. The van der Waals surface area contributed by atoms with E-state index >= 15 is 0 Å². The number of aryl methyl sites for hydroxylation is 1. The van der Waals surface area contributed by atoms with E-state index in [1.807, 2.05) is 43.4 Å². The van der Waals surface area contributed by atoms with Gasteiger partial charge in [-0.1, -0.05) is 36.4 Å². The lowest BCUT2D eigenvalue weighted by molar-refractivity contribution is -0.135. The van der Waals surface area contributed by atoms with Gasteiger partial charge in [-0.2, -0.15) is 0 Å². The summed E-state index contributed by atoms with van der Waals surface area (Å²) in [6, 6.07) is 15.4. The second-order valence-electron chi connectivity index (χ2n) is 8.16. The maximum absolute atomic E-state index is 13.3. The molecule has 1 saturated heterocycles. The summed E-state index contributed by atoms with van der Waals surface area (Å²) >= 11 is 0. The summed E-state index contributed by atoms with van der Waals surface area (Å²) < 4.78 is 2.06. The predicted octanol–water partition coefficient (Wildman–Crippen LogP) is 2.02. The lowest BCUT2D eigenvalue weighted by Gasteiger charge is -2.34. The first-order valence-electron chi connectivity index (χ1n) is 10.5. The van der Waals surface area contributed by atoms with Gasteiger partial charge in [0.05, 0.1) is 6.04 Å². The second-order valence-corrected chi connectivity index (χ2v) is 8.16. The first-order valence-corrected chi connectivity index (χ1v) is 10.5. The van der Waals surface area contributed by atoms with E-state index in [-0.39, 0.29) is 24.4 Å². The zero-order chi connectivity index (χ0) is 21.5. The minimum absolute atomic E-state index is 0.0164. The fraction of sp³-hybridized carbons (Fsp3) is 0.292. The Balaban J connectivity index is 1.51. The molecule has 0 saturated carbocycles. The minimum Gasteiger partial charge on any atom is -0.350 e. The van der Waals surface area contributed by atoms with Crippen LogP contribution in [0.1, 0.15) is 27.5 Å². The van der Waals surface area contributed by atoms with E-state index < -0.39 is 0 Å². The van der Waals surface area contributed by atoms with E-state index in [4.69, 9.17) is 0 Å². The molecule has 3 amide bonds. The van der Waals surface area contributed by atoms with Crippen molar-refractivity contribution in [3.05, 3.63) is 71.4 Å². The summed E-state index contributed by atoms with van der Waals surface area (Å²) in [6.07, 6.45) is 2.88. The third-order valence-corrected chi connectivity index (χ3v) is 6.40. The van der Waals surface area contributed by atoms with Gasteiger partial charge in [-0.3, -0.25) is 14.4 Å². The number of carbonyl (C=O) groups excluding carboxylic acids is 3. The Morgan fingerprint density at radius 1 is 1.00 bits per heavy atom. The molecule has 1 fully saturated rings. The molecule has 2 aromatic carbocycles. The smallest absolute Gasteiger partial charge is 0.255 e. The first-order chi connectivity index (χ1) is 15.1. The zero-order valence-corrected chi connectivity index (χ0v) is 17.4. The molecule has 1 aromatic heterocycles. The van der Waals surface area contributed by atoms with Gasteiger partial charge in [0.2, 0.25) is 12.3 Å². The van der Waals surface area contributed by atoms with Crippen molar-refractivity contribution in [2.24, 2.45) is 7.05 Å². The number of carbonyl (C=O) groups is 3. The third-order valence-electron chi connectivity index (χ3n) is 6.40. The van der Waals surface area contributed by atoms with E-state index in [9.17, 15) is 14.4 Å². The van der Waals surface area contributed by atoms with Crippen molar-refractivity contribution in [2.75, 3.05) is 32.7 Å². The molecule has 2 aliphatic heterocycles. The molecular weight excluding hydrogens is 392 g/mol. The van der Waals surface area contributed by atoms with Crippen LogP contribution in [0.3, 0.4) is 0 Å². The summed E-state index contributed by atoms with van der Waals surface area (Å²) in [4.78, 5) is 42.5. The van der Waals surface area contributed by atoms with Gasteiger partial charge in [-0.15, -0.1) is 0 Å². The quantitative estimate of drug-likeness (QED) is 0.612. The van der Waals surface area contributed by atoms with Crippen molar-refractivity contribution in [2.45, 2.75) is 6.04 Å². The number of hydrogen-bond donors (Lipinski definition) is 0. The van der Waals surface area contributed by atoms with Crippen LogP contribution in [0.2, 0.25) is 0 Å². The van der Waals surface area contributed by atoms with Crippen molar-refractivity contribution in [1.82, 2.24) is 19.3 Å². The average molecular weight is 416 g/mol. The molecule has 3 heterocycles. The Morgan fingerprint density at radius 3 is 2.48 bits per heavy atom. The van der Waals surface area contributed by atoms with E-state index in [1.54, 1.807) is 14.7 Å². The van der Waals surface area contributed by atoms with Crippen LogP contribution in [0.4, 0.5) is 0 Å². The molecular formula is C24H24N4O3. The van der Waals surface area contributed by atoms with Crippen LogP contribution in [0.15, 0.2) is 54.7 Å². The van der Waals surface area contributed by atoms with Crippen molar-refractivity contribution in [1.29, 1.82) is 0 Å². The monoisotopic (exact) mass is 416 g/mol. The Hall–Kier alpha value is -3.61. The maximum Gasteiger partial charge on any atom is 0.255 e. The number of hydrogen-bond acceptors (Lipinski definition) is 3. The minimum atomic E-state index is -0.310. The Bertz CT molecular complexity index is 1180. The van der Waals surface area contributed by atoms with E-state index in [1.165, 1.54) is 0 Å². The molecule has 7 nitrogen and oxygen atoms in total. The summed E-state index contributed by atoms with van der Waals surface area (Å²) in [7, 11) is 2.00. The van der Waals surface area contributed by atoms with E-state index in [0.717, 1.165) is 28.4 Å². The lowest BCUT2D eigenvalue weighted by atomic mass is 9.97. The van der Waals surface area contributed by atoms with Crippen molar-refractivity contribution in [3.8, 4) is 0 Å². The summed E-state index contributed by atoms with van der Waals surface area (Å²) in [5.74, 6) is -0.203. The highest BCUT2D eigenvalue weighted by molar-refractivity contribution is 6.02. The molecule has 0 aliphatic carbocycles. The number of piperazine rings is 1. The van der Waals surface area contributed by atoms with Crippen molar-refractivity contribution in [3.63, 3.8) is 0 Å². The van der Waals surface area contributed by atoms with Gasteiger partial charge in [0.15, 0.2) is 0 Å². The fourth-order valence-corrected chi connectivity index (χ4v) is 4.78. The number of para-hydroxylation sites is 1. The molecule has 7 heteroatoms. The first kappa shape index (κ1) is 19.4. The molecule has 0 radical (unpaired) electrons. The number of rotatable bonds is 4. The van der Waals surface area contributed by atoms with Gasteiger partial charge in [0.1, 0.15) is 6.54 Å². The van der Waals surface area contributed by atoms with Crippen LogP contribution in [0, 0.1) is 0 Å². The van der Waals surface area contributed by atoms with Crippen LogP contribution in [0.25, 0.3) is 10.9 Å². The maximum atomic E-state index is 13.3. The van der Waals surface area contributed by atoms with Gasteiger partial charge < -0.3 is 19.3 Å². The topological polar surface area (TPSA) is 65.9 Å². The lowest BCUT2D eigenvalue weighted by Crippen LogP contribution is -2.51. The summed E-state index contributed by atoms with van der Waals surface area (Å²) in [5, 5.41) is 1.08. The number of benzene rings is 2. The Labute approximate surface area is 180 Å². The van der Waals surface area contributed by atoms with E-state index in [0.29, 0.717) is 31.7 Å². The Morgan fingerprint density at radius 2 is 1.71 bits per heavy atom. The molecule has 2 aliphatic rings. The van der Waals surface area contributed by atoms with Crippen molar-refractivity contribution < 1.29 is 14.4 Å². The number of aromatic nitrogens is 1. The molecule has 1 atom stereocenters. The third kappa shape index (κ3) is 3.17. The number of amides is 3. The van der Waals surface area contributed by atoms with Crippen LogP contribution >= 0.6 is 0 Å². The molecule has 31 heavy (non-hydrogen) atoms. The highest BCUT2D eigenvalue weighted by Gasteiger charge is 2.40. The fourth-order valence-electron chi connectivity index (χ4n) is 4.78. The molecule has 0 unspecified atom stereocenters. The van der Waals surface area contributed by atoms with Gasteiger partial charge in [-0.25, -0.2) is 0 Å². The number of fused-ring (bicyclic) bond motifs is 2. The van der Waals surface area contributed by atoms with Gasteiger partial charge >= 0.3 is 0 Å². The summed E-state index contributed by atoms with van der Waals surface area (Å²) in [5.41, 5.74) is 3.70. The number of nitrogens with zero attached hydrogens (tertiary/aromatic N) is 4. The van der Waals surface area contributed by atoms with E-state index in [2.05, 4.69) is 22.9 Å². The second kappa shape index (κ2) is 7.58. The molecule has 0 spiro atoms. The normalized spacial score (nSPS) is 18.5.